The maximum atomic E-state index is 11.6. The van der Waals surface area contributed by atoms with Crippen molar-refractivity contribution in [3.63, 3.8) is 0 Å². The molecule has 0 bridgehead atoms. The topological polar surface area (TPSA) is 75.7 Å². The van der Waals surface area contributed by atoms with Gasteiger partial charge in [0.2, 0.25) is 0 Å². The number of nitrogens with zero attached hydrogens (tertiary/aromatic N) is 1. The quantitative estimate of drug-likeness (QED) is 0.687. The van der Waals surface area contributed by atoms with E-state index in [1.807, 2.05) is 39.5 Å². The van der Waals surface area contributed by atoms with E-state index in [0.29, 0.717) is 11.1 Å². The lowest BCUT2D eigenvalue weighted by atomic mass is 10.00. The molecule has 1 aromatic rings. The number of fused-ring (bicyclic) bond motifs is 1. The SMILES string of the molecule is CC.CC1CCN(C(=O)OC(C)(C)C)CC1.O=C1NC(=O)c2ccccc21. The van der Waals surface area contributed by atoms with Gasteiger partial charge < -0.3 is 9.64 Å². The third kappa shape index (κ3) is 7.04. The Bertz CT molecular complexity index is 623. The molecule has 6 nitrogen and oxygen atoms in total. The highest BCUT2D eigenvalue weighted by molar-refractivity contribution is 6.21. The van der Waals surface area contributed by atoms with E-state index in [1.165, 1.54) is 0 Å². The van der Waals surface area contributed by atoms with Crippen molar-refractivity contribution in [3.8, 4) is 0 Å². The van der Waals surface area contributed by atoms with E-state index in [9.17, 15) is 14.4 Å². The molecular weight excluding hydrogens is 344 g/mol. The van der Waals surface area contributed by atoms with Crippen LogP contribution in [0.15, 0.2) is 24.3 Å². The van der Waals surface area contributed by atoms with Crippen molar-refractivity contribution in [2.45, 2.75) is 60.0 Å². The molecule has 0 unspecified atom stereocenters. The van der Waals surface area contributed by atoms with Gasteiger partial charge in [-0.05, 0) is 51.7 Å². The van der Waals surface area contributed by atoms with Gasteiger partial charge in [0, 0.05) is 13.1 Å². The standard InChI is InChI=1S/C11H21NO2.C8H5NO2.C2H6/c1-9-5-7-12(8-6-9)10(13)14-11(2,3)4;10-7-5-3-1-2-4-6(5)8(11)9-7;1-2/h9H,5-8H2,1-4H3;1-4H,(H,9,10,11);1-2H3. The summed E-state index contributed by atoms with van der Waals surface area (Å²) < 4.78 is 5.30. The second-order valence-corrected chi connectivity index (χ2v) is 7.48. The first-order valence-electron chi connectivity index (χ1n) is 9.60. The number of carbonyl (C=O) groups excluding carboxylic acids is 3. The summed E-state index contributed by atoms with van der Waals surface area (Å²) in [5.74, 6) is 0.143. The highest BCUT2D eigenvalue weighted by Crippen LogP contribution is 2.18. The minimum absolute atomic E-state index is 0.163. The number of hydrogen-bond acceptors (Lipinski definition) is 4. The van der Waals surface area contributed by atoms with Gasteiger partial charge >= 0.3 is 6.09 Å². The monoisotopic (exact) mass is 376 g/mol. The van der Waals surface area contributed by atoms with Crippen molar-refractivity contribution < 1.29 is 19.1 Å². The van der Waals surface area contributed by atoms with E-state index in [2.05, 4.69) is 12.2 Å². The Morgan fingerprint density at radius 1 is 1.04 bits per heavy atom. The Morgan fingerprint density at radius 3 is 1.89 bits per heavy atom. The van der Waals surface area contributed by atoms with Crippen LogP contribution in [-0.2, 0) is 4.74 Å². The lowest BCUT2D eigenvalue weighted by Crippen LogP contribution is -2.41. The molecule has 2 aliphatic heterocycles. The smallest absolute Gasteiger partial charge is 0.410 e. The van der Waals surface area contributed by atoms with Crippen LogP contribution in [0.25, 0.3) is 0 Å². The average Bonchev–Trinajstić information content (AvgIpc) is 2.91. The molecule has 150 valence electrons. The number of nitrogens with one attached hydrogen (secondary N) is 1. The second kappa shape index (κ2) is 10.1. The Morgan fingerprint density at radius 2 is 1.48 bits per heavy atom. The molecule has 3 amide bonds. The van der Waals surface area contributed by atoms with Crippen LogP contribution in [0.5, 0.6) is 0 Å². The van der Waals surface area contributed by atoms with Gasteiger partial charge in [-0.15, -0.1) is 0 Å². The molecule has 2 heterocycles. The van der Waals surface area contributed by atoms with E-state index < -0.39 is 0 Å². The van der Waals surface area contributed by atoms with E-state index in [-0.39, 0.29) is 23.5 Å². The van der Waals surface area contributed by atoms with Crippen LogP contribution in [0.1, 0.15) is 75.1 Å². The van der Waals surface area contributed by atoms with Gasteiger partial charge in [-0.2, -0.15) is 0 Å². The Hall–Kier alpha value is -2.37. The zero-order valence-electron chi connectivity index (χ0n) is 17.3. The normalized spacial score (nSPS) is 16.3. The Kier molecular flexibility index (Phi) is 8.47. The number of imide groups is 1. The maximum absolute atomic E-state index is 11.6. The third-order valence-corrected chi connectivity index (χ3v) is 4.08. The molecule has 1 N–H and O–H groups in total. The number of piperidine rings is 1. The largest absolute Gasteiger partial charge is 0.444 e. The van der Waals surface area contributed by atoms with Gasteiger partial charge in [-0.1, -0.05) is 32.9 Å². The molecule has 27 heavy (non-hydrogen) atoms. The first kappa shape index (κ1) is 22.7. The van der Waals surface area contributed by atoms with Gasteiger partial charge in [0.15, 0.2) is 0 Å². The Balaban J connectivity index is 0.000000252. The van der Waals surface area contributed by atoms with E-state index in [4.69, 9.17) is 4.74 Å². The van der Waals surface area contributed by atoms with Crippen LogP contribution in [0.2, 0.25) is 0 Å². The van der Waals surface area contributed by atoms with Crippen molar-refractivity contribution >= 4 is 17.9 Å². The summed E-state index contributed by atoms with van der Waals surface area (Å²) in [6.45, 7) is 13.6. The average molecular weight is 376 g/mol. The van der Waals surface area contributed by atoms with E-state index in [0.717, 1.165) is 31.8 Å². The zero-order chi connectivity index (χ0) is 20.6. The predicted octanol–water partition coefficient (Wildman–Crippen LogP) is 4.25. The van der Waals surface area contributed by atoms with Crippen molar-refractivity contribution in [1.82, 2.24) is 10.2 Å². The van der Waals surface area contributed by atoms with Crippen molar-refractivity contribution in [3.05, 3.63) is 35.4 Å². The molecule has 0 aromatic heterocycles. The molecule has 1 saturated heterocycles. The lowest BCUT2D eigenvalue weighted by molar-refractivity contribution is 0.0190. The maximum Gasteiger partial charge on any atom is 0.410 e. The van der Waals surface area contributed by atoms with E-state index in [1.54, 1.807) is 24.3 Å². The summed E-state index contributed by atoms with van der Waals surface area (Å²) in [5, 5.41) is 2.20. The highest BCUT2D eigenvalue weighted by atomic mass is 16.6. The molecule has 0 spiro atoms. The molecule has 6 heteroatoms. The number of ether oxygens (including phenoxy) is 1. The van der Waals surface area contributed by atoms with Gasteiger partial charge in [-0.3, -0.25) is 14.9 Å². The summed E-state index contributed by atoms with van der Waals surface area (Å²) >= 11 is 0. The minimum atomic E-state index is -0.375. The van der Waals surface area contributed by atoms with Crippen LogP contribution >= 0.6 is 0 Å². The first-order valence-corrected chi connectivity index (χ1v) is 9.60. The second-order valence-electron chi connectivity index (χ2n) is 7.48. The van der Waals surface area contributed by atoms with Crippen LogP contribution in [0, 0.1) is 5.92 Å². The predicted molar refractivity (Wildman–Crippen MR) is 106 cm³/mol. The minimum Gasteiger partial charge on any atom is -0.444 e. The number of carbonyl (C=O) groups is 3. The molecule has 1 aromatic carbocycles. The van der Waals surface area contributed by atoms with Gasteiger partial charge in [-0.25, -0.2) is 4.79 Å². The van der Waals surface area contributed by atoms with Crippen molar-refractivity contribution in [1.29, 1.82) is 0 Å². The summed E-state index contributed by atoms with van der Waals surface area (Å²) in [6, 6.07) is 6.74. The molecule has 0 atom stereocenters. The fraction of sp³-hybridized carbons (Fsp3) is 0.571. The number of benzene rings is 1. The number of amides is 3. The zero-order valence-corrected chi connectivity index (χ0v) is 17.3. The number of rotatable bonds is 0. The summed E-state index contributed by atoms with van der Waals surface area (Å²) in [6.07, 6.45) is 2.03. The van der Waals surface area contributed by atoms with Crippen molar-refractivity contribution in [2.24, 2.45) is 5.92 Å². The molecule has 0 aliphatic carbocycles. The van der Waals surface area contributed by atoms with Gasteiger partial charge in [0.05, 0.1) is 11.1 Å². The fourth-order valence-corrected chi connectivity index (χ4v) is 2.63. The van der Waals surface area contributed by atoms with Crippen LogP contribution < -0.4 is 5.32 Å². The molecular formula is C21H32N2O4. The highest BCUT2D eigenvalue weighted by Gasteiger charge is 2.26. The van der Waals surface area contributed by atoms with Crippen molar-refractivity contribution in [2.75, 3.05) is 13.1 Å². The molecule has 0 saturated carbocycles. The van der Waals surface area contributed by atoms with Crippen LogP contribution in [-0.4, -0.2) is 41.5 Å². The summed E-state index contributed by atoms with van der Waals surface area (Å²) in [5.41, 5.74) is 0.565. The summed E-state index contributed by atoms with van der Waals surface area (Å²) in [4.78, 5) is 35.3. The van der Waals surface area contributed by atoms with Crippen LogP contribution in [0.4, 0.5) is 4.79 Å². The van der Waals surface area contributed by atoms with Crippen LogP contribution in [0.3, 0.4) is 0 Å². The Labute approximate surface area is 162 Å². The fourth-order valence-electron chi connectivity index (χ4n) is 2.63. The first-order chi connectivity index (χ1) is 12.7. The molecule has 0 radical (unpaired) electrons. The van der Waals surface area contributed by atoms with E-state index >= 15 is 0 Å². The third-order valence-electron chi connectivity index (χ3n) is 4.08. The summed E-state index contributed by atoms with van der Waals surface area (Å²) in [7, 11) is 0. The molecule has 3 rings (SSSR count). The van der Waals surface area contributed by atoms with Gasteiger partial charge in [0.1, 0.15) is 5.60 Å². The number of likely N-dealkylation sites (tertiary alicyclic amines) is 1. The molecule has 2 aliphatic rings. The lowest BCUT2D eigenvalue weighted by Gasteiger charge is -2.32. The molecule has 1 fully saturated rings. The van der Waals surface area contributed by atoms with Gasteiger partial charge in [0.25, 0.3) is 11.8 Å². The number of hydrogen-bond donors (Lipinski definition) is 1.